The van der Waals surface area contributed by atoms with E-state index in [1.807, 2.05) is 12.1 Å². The summed E-state index contributed by atoms with van der Waals surface area (Å²) in [6, 6.07) is 26.2. The molecule has 0 fully saturated rings. The molecule has 1 amide bonds. The van der Waals surface area contributed by atoms with Gasteiger partial charge in [-0.1, -0.05) is 94.8 Å². The number of aromatic nitrogens is 4. The maximum absolute atomic E-state index is 12.4. The van der Waals surface area contributed by atoms with Crippen molar-refractivity contribution in [2.24, 2.45) is 0 Å². The molecule has 2 heterocycles. The van der Waals surface area contributed by atoms with Gasteiger partial charge in [0, 0.05) is 18.2 Å². The number of nitrogens with one attached hydrogen (secondary N) is 2. The van der Waals surface area contributed by atoms with Crippen LogP contribution < -0.4 is 25.7 Å². The summed E-state index contributed by atoms with van der Waals surface area (Å²) in [7, 11) is 1.45. The molecule has 0 aliphatic carbocycles. The van der Waals surface area contributed by atoms with Crippen LogP contribution in [0, 0.1) is 0 Å². The molecule has 0 aliphatic rings. The molecule has 2 N–H and O–H groups in total. The zero-order chi connectivity index (χ0) is 37.3. The highest BCUT2D eigenvalue weighted by molar-refractivity contribution is 6.99. The fourth-order valence-electron chi connectivity index (χ4n) is 6.67. The van der Waals surface area contributed by atoms with Crippen LogP contribution >= 0.6 is 0 Å². The Labute approximate surface area is 306 Å². The summed E-state index contributed by atoms with van der Waals surface area (Å²) in [5.41, 5.74) is 2.22. The first-order valence-corrected chi connectivity index (χ1v) is 19.3. The Bertz CT molecular complexity index is 1930. The van der Waals surface area contributed by atoms with Gasteiger partial charge in [-0.25, -0.2) is 14.6 Å². The second-order valence-electron chi connectivity index (χ2n) is 13.5. The van der Waals surface area contributed by atoms with E-state index in [-0.39, 0.29) is 23.6 Å². The van der Waals surface area contributed by atoms with Crippen LogP contribution in [0.15, 0.2) is 85.1 Å². The SMILES string of the molecule is CCC[C@@H](CCO[Si](c1ccccc1)(c1ccccc1)C(C)(C)C)Nc1nc(NC(=O)OC)nc2cnn(Cc3cc(C(=O)OC)ccc3OC)c12. The molecule has 0 bridgehead atoms. The number of nitrogens with zero attached hydrogens (tertiary/aromatic N) is 4. The lowest BCUT2D eigenvalue weighted by Crippen LogP contribution is -2.66. The molecular formula is C39H48N6O6Si. The number of carbonyl (C=O) groups is 2. The number of fused-ring (bicyclic) bond motifs is 1. The van der Waals surface area contributed by atoms with Crippen LogP contribution in [0.3, 0.4) is 0 Å². The average Bonchev–Trinajstić information content (AvgIpc) is 3.55. The highest BCUT2D eigenvalue weighted by atomic mass is 28.4. The van der Waals surface area contributed by atoms with Crippen LogP contribution in [0.1, 0.15) is 62.9 Å². The Kier molecular flexibility index (Phi) is 12.3. The van der Waals surface area contributed by atoms with Gasteiger partial charge in [0.05, 0.1) is 39.6 Å². The highest BCUT2D eigenvalue weighted by Gasteiger charge is 2.50. The summed E-state index contributed by atoms with van der Waals surface area (Å²) in [5.74, 6) is 0.688. The molecule has 5 aromatic rings. The van der Waals surface area contributed by atoms with Crippen LogP contribution in [0.5, 0.6) is 5.75 Å². The van der Waals surface area contributed by atoms with Gasteiger partial charge in [-0.05, 0) is 46.5 Å². The molecule has 0 unspecified atom stereocenters. The standard InChI is InChI=1S/C39H48N6O6Si/c1-8-15-29(22-23-51-52(39(2,3)4,30-16-11-9-12-17-30)31-18-13-10-14-19-31)41-35-34-32(42-37(43-35)44-38(47)50-7)25-40-45(34)26-28-24-27(36(46)49-6)20-21-33(28)48-5/h9-14,16-21,24-25,29H,8,15,22-23,26H2,1-7H3,(H2,41,42,43,44,47)/t29-/m0/s1. The molecule has 52 heavy (non-hydrogen) atoms. The second-order valence-corrected chi connectivity index (χ2v) is 17.8. The Morgan fingerprint density at radius 2 is 1.56 bits per heavy atom. The van der Waals surface area contributed by atoms with Crippen LogP contribution in [0.2, 0.25) is 5.04 Å². The quantitative estimate of drug-likeness (QED) is 0.0922. The number of anilines is 2. The van der Waals surface area contributed by atoms with Crippen molar-refractivity contribution in [2.45, 2.75) is 64.6 Å². The van der Waals surface area contributed by atoms with E-state index in [0.717, 1.165) is 12.8 Å². The Morgan fingerprint density at radius 1 is 0.885 bits per heavy atom. The van der Waals surface area contributed by atoms with Crippen molar-refractivity contribution in [1.82, 2.24) is 19.7 Å². The predicted octanol–water partition coefficient (Wildman–Crippen LogP) is 6.40. The molecule has 0 saturated heterocycles. The second kappa shape index (κ2) is 16.8. The van der Waals surface area contributed by atoms with Gasteiger partial charge in [-0.3, -0.25) is 10.00 Å². The van der Waals surface area contributed by atoms with Crippen LogP contribution in [-0.4, -0.2) is 74.1 Å². The fourth-order valence-corrected chi connectivity index (χ4v) is 11.3. The number of hydrogen-bond acceptors (Lipinski definition) is 10. The van der Waals surface area contributed by atoms with Crippen molar-refractivity contribution in [3.8, 4) is 5.75 Å². The first kappa shape index (κ1) is 38.0. The molecule has 2 aromatic heterocycles. The molecule has 0 radical (unpaired) electrons. The number of rotatable bonds is 15. The fraction of sp³-hybridized carbons (Fsp3) is 0.359. The van der Waals surface area contributed by atoms with Crippen LogP contribution in [0.25, 0.3) is 11.0 Å². The third-order valence-electron chi connectivity index (χ3n) is 9.09. The monoisotopic (exact) mass is 724 g/mol. The smallest absolute Gasteiger partial charge is 0.413 e. The first-order chi connectivity index (χ1) is 25.0. The molecule has 274 valence electrons. The van der Waals surface area contributed by atoms with Gasteiger partial charge in [-0.15, -0.1) is 0 Å². The van der Waals surface area contributed by atoms with E-state index < -0.39 is 20.4 Å². The maximum atomic E-state index is 12.4. The van der Waals surface area contributed by atoms with Gasteiger partial charge in [0.15, 0.2) is 5.82 Å². The summed E-state index contributed by atoms with van der Waals surface area (Å²) in [4.78, 5) is 33.9. The van der Waals surface area contributed by atoms with E-state index in [4.69, 9.17) is 23.6 Å². The Hall–Kier alpha value is -5.27. The first-order valence-electron chi connectivity index (χ1n) is 17.4. The molecule has 0 aliphatic heterocycles. The van der Waals surface area contributed by atoms with Crippen molar-refractivity contribution in [3.63, 3.8) is 0 Å². The number of amides is 1. The van der Waals surface area contributed by atoms with E-state index >= 15 is 0 Å². The van der Waals surface area contributed by atoms with E-state index in [0.29, 0.717) is 46.8 Å². The third-order valence-corrected chi connectivity index (χ3v) is 14.1. The minimum Gasteiger partial charge on any atom is -0.496 e. The van der Waals surface area contributed by atoms with Gasteiger partial charge in [0.2, 0.25) is 5.95 Å². The average molecular weight is 725 g/mol. The lowest BCUT2D eigenvalue weighted by atomic mass is 10.1. The molecule has 13 heteroatoms. The normalized spacial score (nSPS) is 12.3. The lowest BCUT2D eigenvalue weighted by molar-refractivity contribution is 0.0600. The minimum atomic E-state index is -2.75. The number of benzene rings is 3. The van der Waals surface area contributed by atoms with Gasteiger partial charge < -0.3 is 24.0 Å². The molecule has 5 rings (SSSR count). The minimum absolute atomic E-state index is 0.0483. The summed E-state index contributed by atoms with van der Waals surface area (Å²) >= 11 is 0. The van der Waals surface area contributed by atoms with Crippen molar-refractivity contribution in [1.29, 1.82) is 0 Å². The molecule has 0 spiro atoms. The van der Waals surface area contributed by atoms with E-state index in [1.54, 1.807) is 36.2 Å². The van der Waals surface area contributed by atoms with E-state index in [9.17, 15) is 9.59 Å². The zero-order valence-electron chi connectivity index (χ0n) is 30.9. The van der Waals surface area contributed by atoms with Gasteiger partial charge in [0.1, 0.15) is 16.8 Å². The molecular weight excluding hydrogens is 677 g/mol. The number of carbonyl (C=O) groups excluding carboxylic acids is 2. The third kappa shape index (κ3) is 8.26. The van der Waals surface area contributed by atoms with E-state index in [2.05, 4.69) is 96.9 Å². The molecule has 0 saturated carbocycles. The largest absolute Gasteiger partial charge is 0.496 e. The van der Waals surface area contributed by atoms with Crippen molar-refractivity contribution >= 4 is 53.6 Å². The topological polar surface area (TPSA) is 139 Å². The van der Waals surface area contributed by atoms with Crippen molar-refractivity contribution in [3.05, 3.63) is 96.2 Å². The number of esters is 1. The zero-order valence-corrected chi connectivity index (χ0v) is 31.9. The summed E-state index contributed by atoms with van der Waals surface area (Å²) in [6.45, 7) is 9.70. The van der Waals surface area contributed by atoms with Gasteiger partial charge in [-0.2, -0.15) is 10.1 Å². The molecule has 1 atom stereocenters. The van der Waals surface area contributed by atoms with Crippen molar-refractivity contribution in [2.75, 3.05) is 38.6 Å². The molecule has 12 nitrogen and oxygen atoms in total. The number of methoxy groups -OCH3 is 3. The Balaban J connectivity index is 1.50. The van der Waals surface area contributed by atoms with Crippen LogP contribution in [-0.2, 0) is 20.4 Å². The predicted molar refractivity (Wildman–Crippen MR) is 205 cm³/mol. The maximum Gasteiger partial charge on any atom is 0.413 e. The number of ether oxygens (including phenoxy) is 3. The highest BCUT2D eigenvalue weighted by Crippen LogP contribution is 2.37. The molecule has 3 aromatic carbocycles. The van der Waals surface area contributed by atoms with Crippen molar-refractivity contribution < 1.29 is 28.2 Å². The van der Waals surface area contributed by atoms with Gasteiger partial charge >= 0.3 is 12.1 Å². The lowest BCUT2D eigenvalue weighted by Gasteiger charge is -2.43. The Morgan fingerprint density at radius 3 is 2.13 bits per heavy atom. The van der Waals surface area contributed by atoms with Gasteiger partial charge in [0.25, 0.3) is 8.32 Å². The summed E-state index contributed by atoms with van der Waals surface area (Å²) in [6.07, 6.45) is 3.36. The summed E-state index contributed by atoms with van der Waals surface area (Å²) < 4.78 is 24.4. The summed E-state index contributed by atoms with van der Waals surface area (Å²) in [5, 5.41) is 13.2. The van der Waals surface area contributed by atoms with Crippen LogP contribution in [0.4, 0.5) is 16.6 Å². The number of hydrogen-bond donors (Lipinski definition) is 2. The van der Waals surface area contributed by atoms with E-state index in [1.165, 1.54) is 24.6 Å².